The van der Waals surface area contributed by atoms with Crippen LogP contribution in [0.5, 0.6) is 0 Å². The average molecular weight is 185 g/mol. The highest BCUT2D eigenvalue weighted by molar-refractivity contribution is 4.83. The Morgan fingerprint density at radius 1 is 1.15 bits per heavy atom. The summed E-state index contributed by atoms with van der Waals surface area (Å²) < 4.78 is 10.5. The molecule has 0 fully saturated rings. The van der Waals surface area contributed by atoms with Crippen molar-refractivity contribution in [3.63, 3.8) is 0 Å². The van der Waals surface area contributed by atoms with E-state index >= 15 is 0 Å². The van der Waals surface area contributed by atoms with Crippen LogP contribution in [0.2, 0.25) is 0 Å². The van der Waals surface area contributed by atoms with Gasteiger partial charge in [0.15, 0.2) is 0 Å². The van der Waals surface area contributed by atoms with Crippen LogP contribution in [0.1, 0.15) is 6.92 Å². The second-order valence-corrected chi connectivity index (χ2v) is 2.79. The van der Waals surface area contributed by atoms with Crippen molar-refractivity contribution in [3.05, 3.63) is 25.3 Å². The Labute approximate surface area is 80.6 Å². The van der Waals surface area contributed by atoms with E-state index in [0.717, 1.165) is 0 Å². The standard InChI is InChI=1S/C10H19NO2/c1-6-8-11(9-7-2)10(3,12-4)13-5/h6-7H,1-2,8-9H2,3-5H3. The fourth-order valence-corrected chi connectivity index (χ4v) is 1.06. The van der Waals surface area contributed by atoms with Crippen LogP contribution in [-0.2, 0) is 9.47 Å². The van der Waals surface area contributed by atoms with Crippen molar-refractivity contribution in [1.82, 2.24) is 4.90 Å². The predicted octanol–water partition coefficient (Wildman–Crippen LogP) is 1.63. The van der Waals surface area contributed by atoms with Crippen molar-refractivity contribution < 1.29 is 9.47 Å². The second-order valence-electron chi connectivity index (χ2n) is 2.79. The molecule has 3 heteroatoms. The molecule has 0 radical (unpaired) electrons. The first-order valence-electron chi connectivity index (χ1n) is 4.21. The van der Waals surface area contributed by atoms with Crippen molar-refractivity contribution in [2.45, 2.75) is 12.8 Å². The minimum atomic E-state index is -0.706. The molecule has 0 aliphatic carbocycles. The summed E-state index contributed by atoms with van der Waals surface area (Å²) in [7, 11) is 3.23. The van der Waals surface area contributed by atoms with Crippen molar-refractivity contribution in [2.75, 3.05) is 27.3 Å². The number of nitrogens with zero attached hydrogens (tertiary/aromatic N) is 1. The minimum absolute atomic E-state index is 0.699. The van der Waals surface area contributed by atoms with Crippen molar-refractivity contribution in [2.24, 2.45) is 0 Å². The van der Waals surface area contributed by atoms with Crippen LogP contribution in [0.25, 0.3) is 0 Å². The van der Waals surface area contributed by atoms with Gasteiger partial charge in [-0.2, -0.15) is 0 Å². The lowest BCUT2D eigenvalue weighted by molar-refractivity contribution is -0.278. The van der Waals surface area contributed by atoms with Gasteiger partial charge >= 0.3 is 0 Å². The molecule has 0 bridgehead atoms. The van der Waals surface area contributed by atoms with Crippen molar-refractivity contribution >= 4 is 0 Å². The third-order valence-corrected chi connectivity index (χ3v) is 2.03. The Balaban J connectivity index is 4.45. The maximum absolute atomic E-state index is 5.26. The first kappa shape index (κ1) is 12.4. The smallest absolute Gasteiger partial charge is 0.226 e. The molecule has 0 saturated heterocycles. The molecule has 0 aromatic rings. The fraction of sp³-hybridized carbons (Fsp3) is 0.600. The largest absolute Gasteiger partial charge is 0.341 e. The highest BCUT2D eigenvalue weighted by atomic mass is 16.7. The summed E-state index contributed by atoms with van der Waals surface area (Å²) in [5.74, 6) is -0.706. The predicted molar refractivity (Wildman–Crippen MR) is 54.4 cm³/mol. The van der Waals surface area contributed by atoms with Gasteiger partial charge in [0, 0.05) is 34.2 Å². The van der Waals surface area contributed by atoms with Crippen molar-refractivity contribution in [1.29, 1.82) is 0 Å². The first-order valence-corrected chi connectivity index (χ1v) is 4.21. The van der Waals surface area contributed by atoms with Crippen LogP contribution in [0.3, 0.4) is 0 Å². The van der Waals surface area contributed by atoms with E-state index in [1.807, 2.05) is 11.8 Å². The molecular formula is C10H19NO2. The summed E-state index contributed by atoms with van der Waals surface area (Å²) in [5.41, 5.74) is 0. The molecule has 0 aromatic heterocycles. The number of hydrogen-bond donors (Lipinski definition) is 0. The second kappa shape index (κ2) is 5.91. The van der Waals surface area contributed by atoms with E-state index in [0.29, 0.717) is 13.1 Å². The van der Waals surface area contributed by atoms with Gasteiger partial charge in [0.05, 0.1) is 0 Å². The molecule has 0 amide bonds. The Morgan fingerprint density at radius 2 is 1.54 bits per heavy atom. The van der Waals surface area contributed by atoms with Gasteiger partial charge in [0.1, 0.15) is 0 Å². The Bertz CT molecular complexity index is 154. The van der Waals surface area contributed by atoms with E-state index in [1.54, 1.807) is 26.4 Å². The summed E-state index contributed by atoms with van der Waals surface area (Å²) in [5, 5.41) is 0. The zero-order valence-electron chi connectivity index (χ0n) is 8.75. The summed E-state index contributed by atoms with van der Waals surface area (Å²) in [6, 6.07) is 0. The third kappa shape index (κ3) is 3.30. The van der Waals surface area contributed by atoms with Crippen LogP contribution in [0, 0.1) is 0 Å². The molecule has 0 rings (SSSR count). The lowest BCUT2D eigenvalue weighted by Crippen LogP contribution is -2.49. The molecule has 0 atom stereocenters. The minimum Gasteiger partial charge on any atom is -0.341 e. The van der Waals surface area contributed by atoms with E-state index in [1.165, 1.54) is 0 Å². The maximum atomic E-state index is 5.26. The molecule has 0 aliphatic heterocycles. The summed E-state index contributed by atoms with van der Waals surface area (Å²) in [6.45, 7) is 10.6. The zero-order chi connectivity index (χ0) is 10.3. The number of rotatable bonds is 7. The van der Waals surface area contributed by atoms with Gasteiger partial charge in [-0.1, -0.05) is 12.2 Å². The normalized spacial score (nSPS) is 11.7. The van der Waals surface area contributed by atoms with Gasteiger partial charge in [-0.15, -0.1) is 13.2 Å². The molecule has 0 saturated carbocycles. The van der Waals surface area contributed by atoms with E-state index < -0.39 is 5.91 Å². The van der Waals surface area contributed by atoms with Crippen LogP contribution in [0.15, 0.2) is 25.3 Å². The number of methoxy groups -OCH3 is 2. The monoisotopic (exact) mass is 185 g/mol. The van der Waals surface area contributed by atoms with Crippen LogP contribution < -0.4 is 0 Å². The topological polar surface area (TPSA) is 21.7 Å². The molecule has 0 heterocycles. The van der Waals surface area contributed by atoms with Crippen LogP contribution in [-0.4, -0.2) is 38.1 Å². The molecule has 0 spiro atoms. The van der Waals surface area contributed by atoms with Crippen molar-refractivity contribution in [3.8, 4) is 0 Å². The molecular weight excluding hydrogens is 166 g/mol. The summed E-state index contributed by atoms with van der Waals surface area (Å²) in [6.07, 6.45) is 3.61. The fourth-order valence-electron chi connectivity index (χ4n) is 1.06. The third-order valence-electron chi connectivity index (χ3n) is 2.03. The number of ether oxygens (including phenoxy) is 2. The van der Waals surface area contributed by atoms with Gasteiger partial charge in [0.25, 0.3) is 0 Å². The molecule has 0 aromatic carbocycles. The van der Waals surface area contributed by atoms with E-state index in [4.69, 9.17) is 9.47 Å². The van der Waals surface area contributed by atoms with E-state index in [9.17, 15) is 0 Å². The van der Waals surface area contributed by atoms with E-state index in [2.05, 4.69) is 13.2 Å². The van der Waals surface area contributed by atoms with Crippen LogP contribution >= 0.6 is 0 Å². The lowest BCUT2D eigenvalue weighted by Gasteiger charge is -2.37. The molecule has 13 heavy (non-hydrogen) atoms. The first-order chi connectivity index (χ1) is 6.14. The highest BCUT2D eigenvalue weighted by Crippen LogP contribution is 2.16. The zero-order valence-corrected chi connectivity index (χ0v) is 8.75. The van der Waals surface area contributed by atoms with Gasteiger partial charge < -0.3 is 9.47 Å². The quantitative estimate of drug-likeness (QED) is 0.444. The molecule has 76 valence electrons. The van der Waals surface area contributed by atoms with Gasteiger partial charge in [-0.25, -0.2) is 4.90 Å². The van der Waals surface area contributed by atoms with Crippen LogP contribution in [0.4, 0.5) is 0 Å². The van der Waals surface area contributed by atoms with E-state index in [-0.39, 0.29) is 0 Å². The molecule has 0 unspecified atom stereocenters. The summed E-state index contributed by atoms with van der Waals surface area (Å²) in [4.78, 5) is 1.98. The maximum Gasteiger partial charge on any atom is 0.226 e. The average Bonchev–Trinajstić information content (AvgIpc) is 2.16. The molecule has 0 N–H and O–H groups in total. The van der Waals surface area contributed by atoms with Gasteiger partial charge in [-0.3, -0.25) is 0 Å². The van der Waals surface area contributed by atoms with Gasteiger partial charge in [-0.05, 0) is 0 Å². The molecule has 0 aliphatic rings. The highest BCUT2D eigenvalue weighted by Gasteiger charge is 2.29. The number of hydrogen-bond acceptors (Lipinski definition) is 3. The Morgan fingerprint density at radius 3 is 1.77 bits per heavy atom. The molecule has 3 nitrogen and oxygen atoms in total. The Hall–Kier alpha value is -0.640. The lowest BCUT2D eigenvalue weighted by atomic mass is 10.3. The SMILES string of the molecule is C=CCN(CC=C)C(C)(OC)OC. The summed E-state index contributed by atoms with van der Waals surface area (Å²) >= 11 is 0. The van der Waals surface area contributed by atoms with Gasteiger partial charge in [0.2, 0.25) is 5.91 Å². The Kier molecular flexibility index (Phi) is 5.62.